The van der Waals surface area contributed by atoms with Crippen LogP contribution in [0.1, 0.15) is 5.76 Å². The van der Waals surface area contributed by atoms with E-state index < -0.39 is 0 Å². The standard InChI is InChI=1S/C9H7NO2/c11-9-7(3-4-10-9)6-8-2-1-5-12-8/h1-5H,6H2. The maximum Gasteiger partial charge on any atom is 0.273 e. The van der Waals surface area contributed by atoms with Crippen LogP contribution < -0.4 is 0 Å². The third-order valence-corrected chi connectivity index (χ3v) is 1.69. The summed E-state index contributed by atoms with van der Waals surface area (Å²) in [6.07, 6.45) is 5.35. The largest absolute Gasteiger partial charge is 0.469 e. The van der Waals surface area contributed by atoms with Gasteiger partial charge in [0.2, 0.25) is 0 Å². The predicted octanol–water partition coefficient (Wildman–Crippen LogP) is 1.36. The zero-order valence-corrected chi connectivity index (χ0v) is 6.36. The predicted molar refractivity (Wildman–Crippen MR) is 44.0 cm³/mol. The van der Waals surface area contributed by atoms with Gasteiger partial charge in [-0.1, -0.05) is 0 Å². The summed E-state index contributed by atoms with van der Waals surface area (Å²) in [5, 5.41) is 0. The lowest BCUT2D eigenvalue weighted by Crippen LogP contribution is -1.97. The highest BCUT2D eigenvalue weighted by Gasteiger charge is 2.12. The van der Waals surface area contributed by atoms with Crippen LogP contribution in [0.15, 0.2) is 39.5 Å². The van der Waals surface area contributed by atoms with E-state index >= 15 is 0 Å². The molecule has 1 aromatic heterocycles. The molecule has 0 atom stereocenters. The van der Waals surface area contributed by atoms with Gasteiger partial charge >= 0.3 is 0 Å². The summed E-state index contributed by atoms with van der Waals surface area (Å²) in [5.74, 6) is 0.631. The molecular weight excluding hydrogens is 154 g/mol. The molecule has 0 spiro atoms. The van der Waals surface area contributed by atoms with Crippen molar-refractivity contribution in [1.29, 1.82) is 0 Å². The van der Waals surface area contributed by atoms with Crippen LogP contribution in [0.4, 0.5) is 0 Å². The van der Waals surface area contributed by atoms with Crippen LogP contribution in [-0.4, -0.2) is 12.1 Å². The van der Waals surface area contributed by atoms with Gasteiger partial charge in [0.25, 0.3) is 5.91 Å². The van der Waals surface area contributed by atoms with E-state index in [4.69, 9.17) is 4.42 Å². The monoisotopic (exact) mass is 161 g/mol. The number of carbonyl (C=O) groups excluding carboxylic acids is 1. The third kappa shape index (κ3) is 1.21. The smallest absolute Gasteiger partial charge is 0.273 e. The van der Waals surface area contributed by atoms with Gasteiger partial charge in [0.1, 0.15) is 5.76 Å². The SMILES string of the molecule is O=C1N=CC=C1Cc1ccco1. The van der Waals surface area contributed by atoms with Crippen molar-refractivity contribution >= 4 is 12.1 Å². The molecule has 0 unspecified atom stereocenters. The lowest BCUT2D eigenvalue weighted by Gasteiger charge is -1.93. The molecule has 2 rings (SSSR count). The fraction of sp³-hybridized carbons (Fsp3) is 0.111. The molecule has 1 aliphatic heterocycles. The Morgan fingerprint density at radius 3 is 3.00 bits per heavy atom. The number of aliphatic imine (C=N–C) groups is 1. The Bertz CT molecular complexity index is 347. The summed E-state index contributed by atoms with van der Waals surface area (Å²) in [6.45, 7) is 0. The van der Waals surface area contributed by atoms with E-state index in [1.54, 1.807) is 18.4 Å². The van der Waals surface area contributed by atoms with Gasteiger partial charge in [-0.15, -0.1) is 0 Å². The quantitative estimate of drug-likeness (QED) is 0.657. The first kappa shape index (κ1) is 7.03. The van der Waals surface area contributed by atoms with Gasteiger partial charge in [-0.3, -0.25) is 4.79 Å². The molecule has 0 fully saturated rings. The Hall–Kier alpha value is -1.64. The number of nitrogens with zero attached hydrogens (tertiary/aromatic N) is 1. The van der Waals surface area contributed by atoms with E-state index in [-0.39, 0.29) is 5.91 Å². The molecule has 3 nitrogen and oxygen atoms in total. The van der Waals surface area contributed by atoms with Crippen molar-refractivity contribution in [2.24, 2.45) is 4.99 Å². The molecule has 12 heavy (non-hydrogen) atoms. The lowest BCUT2D eigenvalue weighted by molar-refractivity contribution is -0.114. The average molecular weight is 161 g/mol. The van der Waals surface area contributed by atoms with E-state index in [9.17, 15) is 4.79 Å². The van der Waals surface area contributed by atoms with Gasteiger partial charge in [0.05, 0.1) is 6.26 Å². The normalized spacial score (nSPS) is 15.3. The van der Waals surface area contributed by atoms with Crippen molar-refractivity contribution in [2.75, 3.05) is 0 Å². The van der Waals surface area contributed by atoms with Crippen LogP contribution in [0, 0.1) is 0 Å². The Kier molecular flexibility index (Phi) is 1.63. The van der Waals surface area contributed by atoms with E-state index in [0.717, 1.165) is 5.76 Å². The number of furan rings is 1. The number of allylic oxidation sites excluding steroid dienone is 1. The number of amides is 1. The van der Waals surface area contributed by atoms with E-state index in [1.165, 1.54) is 6.21 Å². The van der Waals surface area contributed by atoms with Crippen LogP contribution in [0.25, 0.3) is 0 Å². The Morgan fingerprint density at radius 2 is 2.42 bits per heavy atom. The Labute approximate surface area is 69.4 Å². The lowest BCUT2D eigenvalue weighted by atomic mass is 10.1. The van der Waals surface area contributed by atoms with E-state index in [2.05, 4.69) is 4.99 Å². The highest BCUT2D eigenvalue weighted by atomic mass is 16.3. The second-order valence-electron chi connectivity index (χ2n) is 2.53. The maximum atomic E-state index is 11.0. The van der Waals surface area contributed by atoms with Gasteiger partial charge in [-0.2, -0.15) is 0 Å². The zero-order chi connectivity index (χ0) is 8.39. The van der Waals surface area contributed by atoms with Gasteiger partial charge in [-0.05, 0) is 18.2 Å². The fourth-order valence-electron chi connectivity index (χ4n) is 1.08. The van der Waals surface area contributed by atoms with Gasteiger partial charge < -0.3 is 4.42 Å². The Balaban J connectivity index is 2.11. The summed E-state index contributed by atoms with van der Waals surface area (Å²) < 4.78 is 5.10. The molecule has 1 aliphatic rings. The maximum absolute atomic E-state index is 11.0. The molecule has 0 aliphatic carbocycles. The summed E-state index contributed by atoms with van der Waals surface area (Å²) >= 11 is 0. The van der Waals surface area contributed by atoms with Crippen molar-refractivity contribution in [3.63, 3.8) is 0 Å². The third-order valence-electron chi connectivity index (χ3n) is 1.69. The first-order valence-corrected chi connectivity index (χ1v) is 3.66. The van der Waals surface area contributed by atoms with Crippen molar-refractivity contribution in [1.82, 2.24) is 0 Å². The molecule has 2 heterocycles. The van der Waals surface area contributed by atoms with Crippen LogP contribution in [0.5, 0.6) is 0 Å². The number of carbonyl (C=O) groups is 1. The molecule has 0 saturated heterocycles. The molecule has 0 aromatic carbocycles. The second-order valence-corrected chi connectivity index (χ2v) is 2.53. The topological polar surface area (TPSA) is 42.6 Å². The first-order valence-electron chi connectivity index (χ1n) is 3.66. The second kappa shape index (κ2) is 2.77. The summed E-state index contributed by atoms with van der Waals surface area (Å²) in [7, 11) is 0. The number of hydrogen-bond donors (Lipinski definition) is 0. The van der Waals surface area contributed by atoms with Crippen LogP contribution in [-0.2, 0) is 11.2 Å². The van der Waals surface area contributed by atoms with Crippen LogP contribution in [0.3, 0.4) is 0 Å². The summed E-state index contributed by atoms with van der Waals surface area (Å²) in [5.41, 5.74) is 0.685. The van der Waals surface area contributed by atoms with Gasteiger partial charge in [0.15, 0.2) is 0 Å². The van der Waals surface area contributed by atoms with Crippen molar-refractivity contribution in [3.05, 3.63) is 35.8 Å². The average Bonchev–Trinajstić information content (AvgIpc) is 2.65. The minimum Gasteiger partial charge on any atom is -0.469 e. The van der Waals surface area contributed by atoms with Crippen LogP contribution in [0.2, 0.25) is 0 Å². The number of rotatable bonds is 2. The van der Waals surface area contributed by atoms with E-state index in [1.807, 2.05) is 6.07 Å². The van der Waals surface area contributed by atoms with Crippen molar-refractivity contribution < 1.29 is 9.21 Å². The number of hydrogen-bond acceptors (Lipinski definition) is 2. The van der Waals surface area contributed by atoms with Gasteiger partial charge in [-0.25, -0.2) is 4.99 Å². The molecule has 0 bridgehead atoms. The molecule has 60 valence electrons. The first-order chi connectivity index (χ1) is 5.86. The molecule has 0 N–H and O–H groups in total. The zero-order valence-electron chi connectivity index (χ0n) is 6.36. The summed E-state index contributed by atoms with van der Waals surface area (Å²) in [6, 6.07) is 3.64. The van der Waals surface area contributed by atoms with Crippen molar-refractivity contribution in [2.45, 2.75) is 6.42 Å². The Morgan fingerprint density at radius 1 is 1.50 bits per heavy atom. The minimum atomic E-state index is -0.161. The van der Waals surface area contributed by atoms with Crippen LogP contribution >= 0.6 is 0 Å². The van der Waals surface area contributed by atoms with E-state index in [0.29, 0.717) is 12.0 Å². The van der Waals surface area contributed by atoms with Crippen molar-refractivity contribution in [3.8, 4) is 0 Å². The van der Waals surface area contributed by atoms with Gasteiger partial charge in [0, 0.05) is 18.2 Å². The molecular formula is C9H7NO2. The minimum absolute atomic E-state index is 0.161. The molecule has 1 amide bonds. The molecule has 1 aromatic rings. The summed E-state index contributed by atoms with van der Waals surface area (Å²) in [4.78, 5) is 14.6. The fourth-order valence-corrected chi connectivity index (χ4v) is 1.08. The molecule has 0 saturated carbocycles. The highest BCUT2D eigenvalue weighted by molar-refractivity contribution is 6.07. The highest BCUT2D eigenvalue weighted by Crippen LogP contribution is 2.12. The molecule has 0 radical (unpaired) electrons. The molecule has 3 heteroatoms.